The van der Waals surface area contributed by atoms with Crippen LogP contribution in [0.5, 0.6) is 0 Å². The van der Waals surface area contributed by atoms with Crippen molar-refractivity contribution in [3.63, 3.8) is 0 Å². The molecular formula is C17H17ClFN3O3. The fourth-order valence-corrected chi connectivity index (χ4v) is 3.23. The lowest BCUT2D eigenvalue weighted by Gasteiger charge is -2.28. The molecule has 0 unspecified atom stereocenters. The van der Waals surface area contributed by atoms with Crippen LogP contribution in [0.3, 0.4) is 0 Å². The van der Waals surface area contributed by atoms with E-state index in [-0.39, 0.29) is 29.4 Å². The highest BCUT2D eigenvalue weighted by atomic mass is 35.5. The summed E-state index contributed by atoms with van der Waals surface area (Å²) in [5.41, 5.74) is 1.53. The van der Waals surface area contributed by atoms with Crippen molar-refractivity contribution < 1.29 is 18.7 Å². The molecule has 1 amide bonds. The van der Waals surface area contributed by atoms with Crippen LogP contribution in [0.2, 0.25) is 5.02 Å². The minimum atomic E-state index is -0.667. The lowest BCUT2D eigenvalue weighted by Crippen LogP contribution is -2.37. The largest absolute Gasteiger partial charge is 0.461 e. The molecule has 0 spiro atoms. The Bertz CT molecular complexity index is 830. The van der Waals surface area contributed by atoms with Crippen molar-refractivity contribution >= 4 is 23.5 Å². The number of benzene rings is 1. The van der Waals surface area contributed by atoms with E-state index in [4.69, 9.17) is 16.3 Å². The minimum absolute atomic E-state index is 0.0626. The number of carbonyl (C=O) groups excluding carboxylic acids is 2. The van der Waals surface area contributed by atoms with Gasteiger partial charge in [0.1, 0.15) is 5.82 Å². The third kappa shape index (κ3) is 3.11. The van der Waals surface area contributed by atoms with Crippen LogP contribution in [0.4, 0.5) is 4.39 Å². The summed E-state index contributed by atoms with van der Waals surface area (Å²) < 4.78 is 20.7. The first-order valence-corrected chi connectivity index (χ1v) is 8.27. The van der Waals surface area contributed by atoms with Gasteiger partial charge < -0.3 is 9.64 Å². The number of amides is 1. The van der Waals surface area contributed by atoms with Crippen LogP contribution >= 0.6 is 11.6 Å². The Kier molecular flexibility index (Phi) is 4.76. The topological polar surface area (TPSA) is 64.4 Å². The molecule has 6 nitrogen and oxygen atoms in total. The second-order valence-corrected chi connectivity index (χ2v) is 6.10. The van der Waals surface area contributed by atoms with Crippen molar-refractivity contribution in [1.29, 1.82) is 0 Å². The van der Waals surface area contributed by atoms with Crippen molar-refractivity contribution in [3.05, 3.63) is 51.6 Å². The Morgan fingerprint density at radius 2 is 2.16 bits per heavy atom. The van der Waals surface area contributed by atoms with E-state index in [1.807, 2.05) is 0 Å². The van der Waals surface area contributed by atoms with Crippen molar-refractivity contribution in [2.24, 2.45) is 7.05 Å². The Hall–Kier alpha value is -2.41. The summed E-state index contributed by atoms with van der Waals surface area (Å²) in [6.45, 7) is 2.49. The molecule has 2 heterocycles. The van der Waals surface area contributed by atoms with E-state index in [9.17, 15) is 14.0 Å². The first-order valence-electron chi connectivity index (χ1n) is 7.89. The summed E-state index contributed by atoms with van der Waals surface area (Å²) in [6, 6.07) is 4.12. The Morgan fingerprint density at radius 1 is 1.40 bits per heavy atom. The molecule has 0 atom stereocenters. The summed E-state index contributed by atoms with van der Waals surface area (Å²) in [6.07, 6.45) is 0.510. The zero-order valence-electron chi connectivity index (χ0n) is 13.9. The van der Waals surface area contributed by atoms with Crippen LogP contribution in [0.1, 0.15) is 39.0 Å². The SMILES string of the molecule is CCOC(=O)c1nn(C)c2c1CN(C(=O)c1c(F)cccc1Cl)CC2. The molecule has 25 heavy (non-hydrogen) atoms. The first kappa shape index (κ1) is 17.4. The number of rotatable bonds is 3. The summed E-state index contributed by atoms with van der Waals surface area (Å²) >= 11 is 5.99. The van der Waals surface area contributed by atoms with Crippen LogP contribution in [0.15, 0.2) is 18.2 Å². The van der Waals surface area contributed by atoms with Gasteiger partial charge in [-0.25, -0.2) is 9.18 Å². The van der Waals surface area contributed by atoms with Crippen LogP contribution in [0, 0.1) is 5.82 Å². The van der Waals surface area contributed by atoms with Gasteiger partial charge in [0.05, 0.1) is 23.7 Å². The lowest BCUT2D eigenvalue weighted by molar-refractivity contribution is 0.0513. The molecule has 0 N–H and O–H groups in total. The van der Waals surface area contributed by atoms with Gasteiger partial charge in [-0.3, -0.25) is 9.48 Å². The van der Waals surface area contributed by atoms with Crippen LogP contribution < -0.4 is 0 Å². The maximum atomic E-state index is 14.0. The van der Waals surface area contributed by atoms with Gasteiger partial charge in [-0.15, -0.1) is 0 Å². The molecule has 1 aromatic heterocycles. The molecule has 0 radical (unpaired) electrons. The molecule has 0 saturated heterocycles. The quantitative estimate of drug-likeness (QED) is 0.784. The smallest absolute Gasteiger partial charge is 0.359 e. The summed E-state index contributed by atoms with van der Waals surface area (Å²) in [5.74, 6) is -1.70. The highest BCUT2D eigenvalue weighted by Crippen LogP contribution is 2.27. The molecule has 0 aliphatic carbocycles. The van der Waals surface area contributed by atoms with Crippen LogP contribution in [0.25, 0.3) is 0 Å². The number of fused-ring (bicyclic) bond motifs is 1. The molecule has 1 aliphatic heterocycles. The highest BCUT2D eigenvalue weighted by Gasteiger charge is 2.31. The number of esters is 1. The second-order valence-electron chi connectivity index (χ2n) is 5.69. The maximum absolute atomic E-state index is 14.0. The summed E-state index contributed by atoms with van der Waals surface area (Å²) in [7, 11) is 1.74. The van der Waals surface area contributed by atoms with E-state index in [1.165, 1.54) is 23.1 Å². The third-order valence-electron chi connectivity index (χ3n) is 4.17. The summed E-state index contributed by atoms with van der Waals surface area (Å²) in [4.78, 5) is 26.3. The molecule has 1 aromatic carbocycles. The number of halogens is 2. The second kappa shape index (κ2) is 6.84. The number of ether oxygens (including phenoxy) is 1. The number of hydrogen-bond donors (Lipinski definition) is 0. The van der Waals surface area contributed by atoms with E-state index in [2.05, 4.69) is 5.10 Å². The zero-order chi connectivity index (χ0) is 18.1. The molecule has 1 aliphatic rings. The predicted octanol–water partition coefficient (Wildman–Crippen LogP) is 2.59. The third-order valence-corrected chi connectivity index (χ3v) is 4.49. The van der Waals surface area contributed by atoms with Crippen molar-refractivity contribution in [3.8, 4) is 0 Å². The van der Waals surface area contributed by atoms with E-state index in [0.29, 0.717) is 18.5 Å². The molecule has 3 rings (SSSR count). The van der Waals surface area contributed by atoms with Gasteiger partial charge in [0.15, 0.2) is 5.69 Å². The monoisotopic (exact) mass is 365 g/mol. The fourth-order valence-electron chi connectivity index (χ4n) is 2.99. The van der Waals surface area contributed by atoms with Gasteiger partial charge in [-0.2, -0.15) is 5.10 Å². The molecule has 0 bridgehead atoms. The molecule has 132 valence electrons. The molecule has 8 heteroatoms. The average molecular weight is 366 g/mol. The molecule has 0 saturated carbocycles. The number of aromatic nitrogens is 2. The average Bonchev–Trinajstić information content (AvgIpc) is 2.91. The highest BCUT2D eigenvalue weighted by molar-refractivity contribution is 6.33. The molecule has 2 aromatic rings. The van der Waals surface area contributed by atoms with Crippen molar-refractivity contribution in [2.75, 3.05) is 13.2 Å². The van der Waals surface area contributed by atoms with Gasteiger partial charge >= 0.3 is 5.97 Å². The number of nitrogens with zero attached hydrogens (tertiary/aromatic N) is 3. The number of carbonyl (C=O) groups is 2. The maximum Gasteiger partial charge on any atom is 0.359 e. The van der Waals surface area contributed by atoms with Crippen LogP contribution in [-0.2, 0) is 24.8 Å². The van der Waals surface area contributed by atoms with E-state index >= 15 is 0 Å². The number of hydrogen-bond acceptors (Lipinski definition) is 4. The van der Waals surface area contributed by atoms with E-state index in [0.717, 1.165) is 5.69 Å². The Morgan fingerprint density at radius 3 is 2.84 bits per heavy atom. The van der Waals surface area contributed by atoms with Gasteiger partial charge in [0, 0.05) is 31.3 Å². The normalized spacial score (nSPS) is 13.5. The lowest BCUT2D eigenvalue weighted by atomic mass is 10.0. The van der Waals surface area contributed by atoms with Gasteiger partial charge in [0.2, 0.25) is 0 Å². The minimum Gasteiger partial charge on any atom is -0.461 e. The molecule has 0 fully saturated rings. The Balaban J connectivity index is 1.93. The van der Waals surface area contributed by atoms with Crippen molar-refractivity contribution in [1.82, 2.24) is 14.7 Å². The fraction of sp³-hybridized carbons (Fsp3) is 0.353. The van der Waals surface area contributed by atoms with E-state index < -0.39 is 17.7 Å². The zero-order valence-corrected chi connectivity index (χ0v) is 14.6. The Labute approximate surface area is 149 Å². The first-order chi connectivity index (χ1) is 11.9. The van der Waals surface area contributed by atoms with Gasteiger partial charge in [0.25, 0.3) is 5.91 Å². The van der Waals surface area contributed by atoms with Crippen LogP contribution in [-0.4, -0.2) is 39.7 Å². The van der Waals surface area contributed by atoms with Gasteiger partial charge in [-0.05, 0) is 19.1 Å². The molecular weight excluding hydrogens is 349 g/mol. The number of aryl methyl sites for hydroxylation is 1. The summed E-state index contributed by atoms with van der Waals surface area (Å²) in [5, 5.41) is 4.28. The standard InChI is InChI=1S/C17H17ClFN3O3/c1-3-25-17(24)15-10-9-22(8-7-13(10)21(2)20-15)16(23)14-11(18)5-4-6-12(14)19/h4-6H,3,7-9H2,1-2H3. The van der Waals surface area contributed by atoms with Crippen molar-refractivity contribution in [2.45, 2.75) is 19.9 Å². The van der Waals surface area contributed by atoms with Gasteiger partial charge in [-0.1, -0.05) is 17.7 Å². The van der Waals surface area contributed by atoms with E-state index in [1.54, 1.807) is 18.7 Å². The predicted molar refractivity (Wildman–Crippen MR) is 89.0 cm³/mol.